The van der Waals surface area contributed by atoms with E-state index in [9.17, 15) is 18.9 Å². The van der Waals surface area contributed by atoms with E-state index < -0.39 is 16.6 Å². The monoisotopic (exact) mass is 266 g/mol. The summed E-state index contributed by atoms with van der Waals surface area (Å²) in [6.45, 7) is 0. The Morgan fingerprint density at radius 1 is 1.16 bits per heavy atom. The highest BCUT2D eigenvalue weighted by Gasteiger charge is 2.13. The van der Waals surface area contributed by atoms with Gasteiger partial charge in [0.25, 0.3) is 5.69 Å². The van der Waals surface area contributed by atoms with Gasteiger partial charge in [-0.2, -0.15) is 0 Å². The van der Waals surface area contributed by atoms with Crippen LogP contribution in [0.2, 0.25) is 0 Å². The summed E-state index contributed by atoms with van der Waals surface area (Å²) in [5, 5.41) is 10.6. The van der Waals surface area contributed by atoms with Gasteiger partial charge in [0.1, 0.15) is 17.3 Å². The molecule has 0 saturated carbocycles. The maximum Gasteiger partial charge on any atom is 0.292 e. The van der Waals surface area contributed by atoms with E-state index in [0.717, 1.165) is 18.2 Å². The molecule has 0 radical (unpaired) electrons. The van der Waals surface area contributed by atoms with Crippen LogP contribution < -0.4 is 10.5 Å². The number of nitrogens with zero attached hydrogens (tertiary/aromatic N) is 1. The van der Waals surface area contributed by atoms with Gasteiger partial charge in [-0.25, -0.2) is 8.78 Å². The molecular weight excluding hydrogens is 258 g/mol. The van der Waals surface area contributed by atoms with Crippen LogP contribution in [0.4, 0.5) is 20.2 Å². The third kappa shape index (κ3) is 2.76. The number of nitrogen functional groups attached to an aromatic ring is 1. The van der Waals surface area contributed by atoms with Crippen LogP contribution in [0.15, 0.2) is 36.4 Å². The van der Waals surface area contributed by atoms with Crippen molar-refractivity contribution < 1.29 is 18.4 Å². The quantitative estimate of drug-likeness (QED) is 0.525. The van der Waals surface area contributed by atoms with E-state index in [4.69, 9.17) is 10.5 Å². The molecule has 0 aliphatic heterocycles. The number of nitro groups is 1. The van der Waals surface area contributed by atoms with Crippen LogP contribution in [0.25, 0.3) is 0 Å². The molecule has 0 fully saturated rings. The third-order valence-electron chi connectivity index (χ3n) is 2.32. The molecule has 2 aromatic rings. The molecule has 2 aromatic carbocycles. The van der Waals surface area contributed by atoms with Gasteiger partial charge in [-0.1, -0.05) is 0 Å². The van der Waals surface area contributed by atoms with Gasteiger partial charge in [-0.05, 0) is 18.2 Å². The fraction of sp³-hybridized carbons (Fsp3) is 0. The molecule has 2 N–H and O–H groups in total. The molecule has 0 saturated heterocycles. The second-order valence-corrected chi connectivity index (χ2v) is 3.65. The molecule has 2 rings (SSSR count). The first-order valence-electron chi connectivity index (χ1n) is 5.14. The Balaban J connectivity index is 2.29. The Bertz CT molecular complexity index is 647. The van der Waals surface area contributed by atoms with Crippen LogP contribution in [0.5, 0.6) is 11.5 Å². The molecule has 5 nitrogen and oxygen atoms in total. The predicted octanol–water partition coefficient (Wildman–Crippen LogP) is 3.25. The van der Waals surface area contributed by atoms with Crippen LogP contribution in [0, 0.1) is 21.7 Å². The summed E-state index contributed by atoms with van der Waals surface area (Å²) in [6, 6.07) is 6.43. The molecular formula is C12H8F2N2O3. The Morgan fingerprint density at radius 2 is 1.89 bits per heavy atom. The van der Waals surface area contributed by atoms with E-state index in [0.29, 0.717) is 6.07 Å². The van der Waals surface area contributed by atoms with Crippen LogP contribution in [0.1, 0.15) is 0 Å². The number of hydrogen-bond donors (Lipinski definition) is 1. The smallest absolute Gasteiger partial charge is 0.292 e. The first-order valence-corrected chi connectivity index (χ1v) is 5.14. The summed E-state index contributed by atoms with van der Waals surface area (Å²) in [5.41, 5.74) is 5.08. The fourth-order valence-electron chi connectivity index (χ4n) is 1.45. The van der Waals surface area contributed by atoms with Gasteiger partial charge in [-0.15, -0.1) is 0 Å². The standard InChI is InChI=1S/C12H8F2N2O3/c13-7-1-4-12(9(14)5-7)19-8-2-3-11(16(17)18)10(15)6-8/h1-6H,15H2. The molecule has 0 aliphatic carbocycles. The van der Waals surface area contributed by atoms with Crippen molar-refractivity contribution in [3.63, 3.8) is 0 Å². The summed E-state index contributed by atoms with van der Waals surface area (Å²) in [5.74, 6) is -1.69. The lowest BCUT2D eigenvalue weighted by Crippen LogP contribution is -1.96. The highest BCUT2D eigenvalue weighted by atomic mass is 19.1. The molecule has 0 aliphatic rings. The lowest BCUT2D eigenvalue weighted by Gasteiger charge is -2.07. The van der Waals surface area contributed by atoms with E-state index in [1.807, 2.05) is 0 Å². The predicted molar refractivity (Wildman–Crippen MR) is 63.9 cm³/mol. The SMILES string of the molecule is Nc1cc(Oc2ccc(F)cc2F)ccc1[N+](=O)[O-]. The fourth-order valence-corrected chi connectivity index (χ4v) is 1.45. The summed E-state index contributed by atoms with van der Waals surface area (Å²) in [7, 11) is 0. The van der Waals surface area contributed by atoms with Gasteiger partial charge in [-0.3, -0.25) is 10.1 Å². The molecule has 0 atom stereocenters. The van der Waals surface area contributed by atoms with Crippen molar-refractivity contribution in [2.45, 2.75) is 0 Å². The zero-order chi connectivity index (χ0) is 14.0. The summed E-state index contributed by atoms with van der Waals surface area (Å²) >= 11 is 0. The van der Waals surface area contributed by atoms with Crippen molar-refractivity contribution in [3.05, 3.63) is 58.1 Å². The van der Waals surface area contributed by atoms with Crippen LogP contribution in [-0.4, -0.2) is 4.92 Å². The second kappa shape index (κ2) is 4.89. The first-order chi connectivity index (χ1) is 8.97. The van der Waals surface area contributed by atoms with Crippen molar-refractivity contribution in [2.24, 2.45) is 0 Å². The lowest BCUT2D eigenvalue weighted by atomic mass is 10.2. The number of rotatable bonds is 3. The van der Waals surface area contributed by atoms with Gasteiger partial charge in [0.05, 0.1) is 4.92 Å². The summed E-state index contributed by atoms with van der Waals surface area (Å²) in [6.07, 6.45) is 0. The number of anilines is 1. The Kier molecular flexibility index (Phi) is 3.28. The van der Waals surface area contributed by atoms with E-state index in [1.165, 1.54) is 12.1 Å². The first kappa shape index (κ1) is 12.7. The van der Waals surface area contributed by atoms with Crippen molar-refractivity contribution >= 4 is 11.4 Å². The average molecular weight is 266 g/mol. The number of nitro benzene ring substituents is 1. The third-order valence-corrected chi connectivity index (χ3v) is 2.32. The van der Waals surface area contributed by atoms with Gasteiger partial charge in [0, 0.05) is 18.2 Å². The molecule has 0 aromatic heterocycles. The number of benzene rings is 2. The summed E-state index contributed by atoms with van der Waals surface area (Å²) < 4.78 is 31.2. The highest BCUT2D eigenvalue weighted by molar-refractivity contribution is 5.61. The molecule has 0 bridgehead atoms. The maximum absolute atomic E-state index is 13.3. The van der Waals surface area contributed by atoms with Crippen LogP contribution in [0.3, 0.4) is 0 Å². The zero-order valence-electron chi connectivity index (χ0n) is 9.47. The van der Waals surface area contributed by atoms with Crippen LogP contribution >= 0.6 is 0 Å². The highest BCUT2D eigenvalue weighted by Crippen LogP contribution is 2.30. The van der Waals surface area contributed by atoms with Crippen molar-refractivity contribution in [1.29, 1.82) is 0 Å². The normalized spacial score (nSPS) is 10.2. The van der Waals surface area contributed by atoms with E-state index in [-0.39, 0.29) is 22.9 Å². The Morgan fingerprint density at radius 3 is 2.47 bits per heavy atom. The van der Waals surface area contributed by atoms with Crippen molar-refractivity contribution in [2.75, 3.05) is 5.73 Å². The molecule has 0 unspecified atom stereocenters. The van der Waals surface area contributed by atoms with Gasteiger partial charge in [0.15, 0.2) is 11.6 Å². The number of halogens is 2. The molecule has 7 heteroatoms. The number of nitrogens with two attached hydrogens (primary N) is 1. The zero-order valence-corrected chi connectivity index (χ0v) is 9.47. The minimum atomic E-state index is -0.878. The topological polar surface area (TPSA) is 78.4 Å². The Labute approximate surface area is 106 Å². The largest absolute Gasteiger partial charge is 0.454 e. The minimum absolute atomic E-state index is 0.106. The maximum atomic E-state index is 13.3. The summed E-state index contributed by atoms with van der Waals surface area (Å²) in [4.78, 5) is 9.92. The van der Waals surface area contributed by atoms with Crippen molar-refractivity contribution in [1.82, 2.24) is 0 Å². The van der Waals surface area contributed by atoms with Gasteiger partial charge in [0.2, 0.25) is 0 Å². The molecule has 0 spiro atoms. The van der Waals surface area contributed by atoms with E-state index in [1.54, 1.807) is 0 Å². The van der Waals surface area contributed by atoms with Crippen molar-refractivity contribution in [3.8, 4) is 11.5 Å². The Hall–Kier alpha value is -2.70. The molecule has 0 amide bonds. The number of hydrogen-bond acceptors (Lipinski definition) is 4. The lowest BCUT2D eigenvalue weighted by molar-refractivity contribution is -0.383. The van der Waals surface area contributed by atoms with E-state index in [2.05, 4.69) is 0 Å². The molecule has 0 heterocycles. The number of ether oxygens (including phenoxy) is 1. The second-order valence-electron chi connectivity index (χ2n) is 3.65. The van der Waals surface area contributed by atoms with Gasteiger partial charge >= 0.3 is 0 Å². The van der Waals surface area contributed by atoms with Crippen LogP contribution in [-0.2, 0) is 0 Å². The minimum Gasteiger partial charge on any atom is -0.454 e. The van der Waals surface area contributed by atoms with E-state index >= 15 is 0 Å². The molecule has 98 valence electrons. The van der Waals surface area contributed by atoms with Gasteiger partial charge < -0.3 is 10.5 Å². The molecule has 19 heavy (non-hydrogen) atoms. The average Bonchev–Trinajstić information content (AvgIpc) is 2.32.